The number of nitrogens with one attached hydrogen (secondary N) is 1. The van der Waals surface area contributed by atoms with E-state index in [1.165, 1.54) is 11.2 Å². The molecule has 2 amide bonds. The third kappa shape index (κ3) is 6.76. The number of carbonyl (C=O) groups is 2. The van der Waals surface area contributed by atoms with Gasteiger partial charge in [0.05, 0.1) is 24.9 Å². The lowest BCUT2D eigenvalue weighted by atomic mass is 10.1. The van der Waals surface area contributed by atoms with Crippen LogP contribution in [0.2, 0.25) is 10.0 Å². The first-order valence-electron chi connectivity index (χ1n) is 12.2. The summed E-state index contributed by atoms with van der Waals surface area (Å²) >= 11 is 12.3. The number of halogens is 2. The van der Waals surface area contributed by atoms with Crippen molar-refractivity contribution in [2.45, 2.75) is 13.0 Å². The van der Waals surface area contributed by atoms with Crippen LogP contribution in [0.5, 0.6) is 0 Å². The molecule has 0 saturated heterocycles. The maximum Gasteiger partial charge on any atom is 0.246 e. The van der Waals surface area contributed by atoms with Crippen molar-refractivity contribution in [1.82, 2.24) is 14.5 Å². The summed E-state index contributed by atoms with van der Waals surface area (Å²) in [5.74, 6) is 0.266. The van der Waals surface area contributed by atoms with E-state index in [1.807, 2.05) is 60.8 Å². The van der Waals surface area contributed by atoms with Gasteiger partial charge in [-0.25, -0.2) is 4.98 Å². The number of aromatic nitrogens is 2. The fourth-order valence-corrected chi connectivity index (χ4v) is 4.40. The Morgan fingerprint density at radius 2 is 1.69 bits per heavy atom. The number of amides is 2. The Hall–Kier alpha value is -4.33. The van der Waals surface area contributed by atoms with E-state index in [-0.39, 0.29) is 25.4 Å². The quantitative estimate of drug-likeness (QED) is 0.219. The van der Waals surface area contributed by atoms with Gasteiger partial charge in [-0.3, -0.25) is 19.5 Å². The van der Waals surface area contributed by atoms with Crippen LogP contribution in [0, 0.1) is 0 Å². The SMILES string of the molecule is O=C(CN(Cc1ccco1)C(=O)Cc1ccccc1)Nc1nc(-c2ccc(Cl)cc2)cn1-c1cccc(Cl)c1. The van der Waals surface area contributed by atoms with E-state index in [4.69, 9.17) is 27.6 Å². The van der Waals surface area contributed by atoms with Crippen LogP contribution in [-0.2, 0) is 22.6 Å². The van der Waals surface area contributed by atoms with Gasteiger partial charge >= 0.3 is 0 Å². The predicted octanol–water partition coefficient (Wildman–Crippen LogP) is 6.65. The molecule has 0 radical (unpaired) electrons. The van der Waals surface area contributed by atoms with Crippen LogP contribution in [0.15, 0.2) is 108 Å². The molecule has 196 valence electrons. The van der Waals surface area contributed by atoms with Gasteiger partial charge in [0.1, 0.15) is 12.3 Å². The van der Waals surface area contributed by atoms with Crippen molar-refractivity contribution in [3.05, 3.63) is 125 Å². The number of benzene rings is 3. The van der Waals surface area contributed by atoms with Crippen LogP contribution < -0.4 is 5.32 Å². The number of hydrogen-bond acceptors (Lipinski definition) is 4. The Kier molecular flexibility index (Phi) is 8.10. The number of nitrogens with zero attached hydrogens (tertiary/aromatic N) is 3. The number of furan rings is 1. The van der Waals surface area contributed by atoms with Crippen molar-refractivity contribution in [1.29, 1.82) is 0 Å². The molecule has 9 heteroatoms. The molecule has 39 heavy (non-hydrogen) atoms. The van der Waals surface area contributed by atoms with Crippen molar-refractivity contribution in [2.24, 2.45) is 0 Å². The van der Waals surface area contributed by atoms with Crippen LogP contribution in [0.1, 0.15) is 11.3 Å². The summed E-state index contributed by atoms with van der Waals surface area (Å²) < 4.78 is 7.20. The number of carbonyl (C=O) groups excluding carboxylic acids is 2. The van der Waals surface area contributed by atoms with Gasteiger partial charge in [-0.05, 0) is 48.0 Å². The fourth-order valence-electron chi connectivity index (χ4n) is 4.09. The summed E-state index contributed by atoms with van der Waals surface area (Å²) in [5.41, 5.74) is 3.04. The molecule has 2 aromatic heterocycles. The lowest BCUT2D eigenvalue weighted by molar-refractivity contribution is -0.135. The Labute approximate surface area is 235 Å². The Morgan fingerprint density at radius 1 is 0.897 bits per heavy atom. The van der Waals surface area contributed by atoms with Crippen LogP contribution in [-0.4, -0.2) is 32.8 Å². The molecule has 7 nitrogen and oxygen atoms in total. The second-order valence-corrected chi connectivity index (χ2v) is 9.72. The summed E-state index contributed by atoms with van der Waals surface area (Å²) in [7, 11) is 0. The number of hydrogen-bond donors (Lipinski definition) is 1. The highest BCUT2D eigenvalue weighted by atomic mass is 35.5. The zero-order valence-corrected chi connectivity index (χ0v) is 22.3. The van der Waals surface area contributed by atoms with Crippen molar-refractivity contribution >= 4 is 41.0 Å². The molecule has 0 aliphatic heterocycles. The van der Waals surface area contributed by atoms with Gasteiger partial charge in [0.25, 0.3) is 0 Å². The largest absolute Gasteiger partial charge is 0.467 e. The second kappa shape index (κ2) is 12.0. The maximum atomic E-state index is 13.3. The van der Waals surface area contributed by atoms with E-state index in [0.29, 0.717) is 27.4 Å². The first-order valence-corrected chi connectivity index (χ1v) is 13.0. The minimum Gasteiger partial charge on any atom is -0.467 e. The first-order chi connectivity index (χ1) is 18.9. The first kappa shape index (κ1) is 26.3. The van der Waals surface area contributed by atoms with Gasteiger partial charge in [-0.2, -0.15) is 0 Å². The zero-order chi connectivity index (χ0) is 27.2. The molecular formula is C30H24Cl2N4O3. The standard InChI is InChI=1S/C30H24Cl2N4O3/c31-23-13-11-22(12-14-23)27-19-36(25-9-4-8-24(32)17-25)30(33-27)34-28(37)20-35(18-26-10-5-15-39-26)29(38)16-21-6-2-1-3-7-21/h1-15,17,19H,16,18,20H2,(H,33,34,37). The lowest BCUT2D eigenvalue weighted by Crippen LogP contribution is -2.38. The van der Waals surface area contributed by atoms with Gasteiger partial charge < -0.3 is 9.32 Å². The van der Waals surface area contributed by atoms with Crippen LogP contribution in [0.4, 0.5) is 5.95 Å². The van der Waals surface area contributed by atoms with Gasteiger partial charge in [0.15, 0.2) is 0 Å². The third-order valence-corrected chi connectivity index (χ3v) is 6.48. The van der Waals surface area contributed by atoms with E-state index >= 15 is 0 Å². The number of imidazole rings is 1. The molecule has 0 spiro atoms. The topological polar surface area (TPSA) is 80.4 Å². The van der Waals surface area contributed by atoms with Crippen LogP contribution >= 0.6 is 23.2 Å². The van der Waals surface area contributed by atoms with E-state index in [9.17, 15) is 9.59 Å². The van der Waals surface area contributed by atoms with E-state index in [0.717, 1.165) is 16.8 Å². The fraction of sp³-hybridized carbons (Fsp3) is 0.100. The lowest BCUT2D eigenvalue weighted by Gasteiger charge is -2.21. The molecule has 0 saturated carbocycles. The molecule has 0 aliphatic carbocycles. The Morgan fingerprint density at radius 3 is 2.41 bits per heavy atom. The minimum atomic E-state index is -0.403. The van der Waals surface area contributed by atoms with Gasteiger partial charge in [0.2, 0.25) is 17.8 Å². The van der Waals surface area contributed by atoms with Gasteiger partial charge in [-0.1, -0.05) is 71.7 Å². The number of rotatable bonds is 9. The van der Waals surface area contributed by atoms with Gasteiger partial charge in [-0.15, -0.1) is 0 Å². The van der Waals surface area contributed by atoms with Gasteiger partial charge in [0, 0.05) is 27.5 Å². The van der Waals surface area contributed by atoms with Crippen molar-refractivity contribution in [2.75, 3.05) is 11.9 Å². The number of anilines is 1. The maximum absolute atomic E-state index is 13.3. The zero-order valence-electron chi connectivity index (χ0n) is 20.8. The smallest absolute Gasteiger partial charge is 0.246 e. The van der Waals surface area contributed by atoms with Crippen molar-refractivity contribution < 1.29 is 14.0 Å². The Balaban J connectivity index is 1.40. The van der Waals surface area contributed by atoms with E-state index in [1.54, 1.807) is 41.0 Å². The summed E-state index contributed by atoms with van der Waals surface area (Å²) in [6.07, 6.45) is 3.51. The van der Waals surface area contributed by atoms with Crippen molar-refractivity contribution in [3.63, 3.8) is 0 Å². The Bertz CT molecular complexity index is 1570. The molecule has 5 aromatic rings. The molecule has 0 bridgehead atoms. The summed E-state index contributed by atoms with van der Waals surface area (Å²) in [6, 6.07) is 27.4. The highest BCUT2D eigenvalue weighted by Crippen LogP contribution is 2.26. The molecule has 5 rings (SSSR count). The molecule has 0 atom stereocenters. The normalized spacial score (nSPS) is 10.8. The van der Waals surface area contributed by atoms with Crippen LogP contribution in [0.3, 0.4) is 0 Å². The summed E-state index contributed by atoms with van der Waals surface area (Å²) in [5, 5.41) is 4.03. The van der Waals surface area contributed by atoms with E-state index < -0.39 is 5.91 Å². The highest BCUT2D eigenvalue weighted by Gasteiger charge is 2.21. The molecule has 2 heterocycles. The molecule has 0 unspecified atom stereocenters. The second-order valence-electron chi connectivity index (χ2n) is 8.85. The monoisotopic (exact) mass is 558 g/mol. The predicted molar refractivity (Wildman–Crippen MR) is 152 cm³/mol. The highest BCUT2D eigenvalue weighted by molar-refractivity contribution is 6.31. The minimum absolute atomic E-state index is 0.158. The average molecular weight is 559 g/mol. The molecule has 0 fully saturated rings. The molecule has 0 aliphatic rings. The third-order valence-electron chi connectivity index (χ3n) is 6.00. The summed E-state index contributed by atoms with van der Waals surface area (Å²) in [6.45, 7) is -0.0318. The molecule has 3 aromatic carbocycles. The van der Waals surface area contributed by atoms with Crippen LogP contribution in [0.25, 0.3) is 16.9 Å². The average Bonchev–Trinajstić information content (AvgIpc) is 3.59. The summed E-state index contributed by atoms with van der Waals surface area (Å²) in [4.78, 5) is 32.7. The van der Waals surface area contributed by atoms with E-state index in [2.05, 4.69) is 10.3 Å². The van der Waals surface area contributed by atoms with Crippen molar-refractivity contribution in [3.8, 4) is 16.9 Å². The molecular weight excluding hydrogens is 535 g/mol. The molecule has 1 N–H and O–H groups in total.